The zero-order valence-corrected chi connectivity index (χ0v) is 13.0. The van der Waals surface area contributed by atoms with Gasteiger partial charge in [-0.05, 0) is 37.0 Å². The summed E-state index contributed by atoms with van der Waals surface area (Å²) in [6.07, 6.45) is 1.10. The summed E-state index contributed by atoms with van der Waals surface area (Å²) in [6, 6.07) is 6.19. The molecule has 0 aliphatic carbocycles. The summed E-state index contributed by atoms with van der Waals surface area (Å²) in [5.41, 5.74) is 2.67. The van der Waals surface area contributed by atoms with Gasteiger partial charge in [0, 0.05) is 19.2 Å². The first kappa shape index (κ1) is 15.8. The van der Waals surface area contributed by atoms with Crippen molar-refractivity contribution in [2.45, 2.75) is 33.2 Å². The van der Waals surface area contributed by atoms with Crippen LogP contribution in [0.2, 0.25) is 0 Å². The van der Waals surface area contributed by atoms with Crippen LogP contribution in [0.4, 0.5) is 0 Å². The van der Waals surface area contributed by atoms with Gasteiger partial charge in [0.15, 0.2) is 0 Å². The Morgan fingerprint density at radius 1 is 1.14 bits per heavy atom. The number of rotatable bonds is 8. The van der Waals surface area contributed by atoms with E-state index in [1.165, 1.54) is 0 Å². The Bertz CT molecular complexity index is 615. The zero-order chi connectivity index (χ0) is 15.2. The van der Waals surface area contributed by atoms with Crippen molar-refractivity contribution >= 4 is 11.0 Å². The molecule has 0 amide bonds. The van der Waals surface area contributed by atoms with Gasteiger partial charge in [0.1, 0.15) is 0 Å². The highest BCUT2D eigenvalue weighted by atomic mass is 16.5. The van der Waals surface area contributed by atoms with E-state index < -0.39 is 0 Å². The van der Waals surface area contributed by atoms with Crippen molar-refractivity contribution in [1.29, 1.82) is 0 Å². The van der Waals surface area contributed by atoms with E-state index in [9.17, 15) is 4.79 Å². The third-order valence-electron chi connectivity index (χ3n) is 3.58. The fraction of sp³-hybridized carbons (Fsp3) is 0.562. The summed E-state index contributed by atoms with van der Waals surface area (Å²) in [4.78, 5) is 16.8. The molecule has 116 valence electrons. The predicted molar refractivity (Wildman–Crippen MR) is 85.6 cm³/mol. The van der Waals surface area contributed by atoms with E-state index in [-0.39, 0.29) is 11.7 Å². The van der Waals surface area contributed by atoms with Crippen LogP contribution in [0.5, 0.6) is 0 Å². The van der Waals surface area contributed by atoms with Crippen molar-refractivity contribution in [2.24, 2.45) is 5.92 Å². The normalized spacial score (nSPS) is 13.1. The maximum Gasteiger partial charge on any atom is 0.323 e. The molecule has 1 aromatic carbocycles. The number of hydrogen-bond donors (Lipinski definition) is 3. The van der Waals surface area contributed by atoms with Crippen molar-refractivity contribution in [3.63, 3.8) is 0 Å². The van der Waals surface area contributed by atoms with E-state index in [0.717, 1.165) is 42.8 Å². The molecule has 1 unspecified atom stereocenters. The van der Waals surface area contributed by atoms with Gasteiger partial charge in [-0.1, -0.05) is 19.9 Å². The van der Waals surface area contributed by atoms with Gasteiger partial charge >= 0.3 is 5.69 Å². The van der Waals surface area contributed by atoms with Crippen LogP contribution in [0.15, 0.2) is 23.0 Å². The lowest BCUT2D eigenvalue weighted by Crippen LogP contribution is -2.23. The second kappa shape index (κ2) is 7.43. The molecular weight excluding hydrogens is 266 g/mol. The standard InChI is InChI=1S/C16H25N3O2/c1-11(2)6-8-21-9-7-17-12(3)13-4-5-14-15(10-13)19-16(20)18-14/h4-5,10-12,17H,6-9H2,1-3H3,(H2,18,19,20). The molecule has 2 aromatic rings. The topological polar surface area (TPSA) is 69.9 Å². The van der Waals surface area contributed by atoms with Crippen molar-refractivity contribution in [3.8, 4) is 0 Å². The van der Waals surface area contributed by atoms with Crippen LogP contribution >= 0.6 is 0 Å². The molecule has 1 aromatic heterocycles. The minimum absolute atomic E-state index is 0.165. The van der Waals surface area contributed by atoms with Crippen LogP contribution in [0, 0.1) is 5.92 Å². The number of aromatic nitrogens is 2. The number of fused-ring (bicyclic) bond motifs is 1. The molecule has 1 heterocycles. The van der Waals surface area contributed by atoms with E-state index in [1.807, 2.05) is 18.2 Å². The number of benzene rings is 1. The van der Waals surface area contributed by atoms with Crippen LogP contribution in [0.25, 0.3) is 11.0 Å². The lowest BCUT2D eigenvalue weighted by atomic mass is 10.1. The lowest BCUT2D eigenvalue weighted by molar-refractivity contribution is 0.123. The number of imidazole rings is 1. The molecule has 0 fully saturated rings. The quantitative estimate of drug-likeness (QED) is 0.655. The minimum Gasteiger partial charge on any atom is -0.380 e. The largest absolute Gasteiger partial charge is 0.380 e. The molecule has 0 bridgehead atoms. The van der Waals surface area contributed by atoms with Crippen LogP contribution in [0.1, 0.15) is 38.8 Å². The van der Waals surface area contributed by atoms with Gasteiger partial charge in [-0.25, -0.2) is 4.79 Å². The fourth-order valence-corrected chi connectivity index (χ4v) is 2.21. The number of H-pyrrole nitrogens is 2. The van der Waals surface area contributed by atoms with Gasteiger partial charge in [0.2, 0.25) is 0 Å². The van der Waals surface area contributed by atoms with Crippen LogP contribution in [-0.2, 0) is 4.74 Å². The smallest absolute Gasteiger partial charge is 0.323 e. The highest BCUT2D eigenvalue weighted by Gasteiger charge is 2.06. The first-order valence-electron chi connectivity index (χ1n) is 7.59. The van der Waals surface area contributed by atoms with Crippen LogP contribution in [-0.4, -0.2) is 29.7 Å². The highest BCUT2D eigenvalue weighted by Crippen LogP contribution is 2.16. The third-order valence-corrected chi connectivity index (χ3v) is 3.58. The molecule has 0 saturated heterocycles. The lowest BCUT2D eigenvalue weighted by Gasteiger charge is -2.14. The Labute approximate surface area is 125 Å². The average molecular weight is 291 g/mol. The Hall–Kier alpha value is -1.59. The predicted octanol–water partition coefficient (Wildman–Crippen LogP) is 2.57. The first-order chi connectivity index (χ1) is 10.1. The average Bonchev–Trinajstić information content (AvgIpc) is 2.81. The van der Waals surface area contributed by atoms with E-state index >= 15 is 0 Å². The van der Waals surface area contributed by atoms with Gasteiger partial charge in [0.25, 0.3) is 0 Å². The van der Waals surface area contributed by atoms with Crippen molar-refractivity contribution in [1.82, 2.24) is 15.3 Å². The van der Waals surface area contributed by atoms with E-state index in [2.05, 4.69) is 36.1 Å². The number of nitrogens with one attached hydrogen (secondary N) is 3. The molecule has 5 heteroatoms. The van der Waals surface area contributed by atoms with E-state index in [0.29, 0.717) is 5.92 Å². The molecule has 2 rings (SSSR count). The molecule has 0 aliphatic heterocycles. The summed E-state index contributed by atoms with van der Waals surface area (Å²) in [7, 11) is 0. The molecule has 0 spiro atoms. The van der Waals surface area contributed by atoms with Crippen LogP contribution in [0.3, 0.4) is 0 Å². The minimum atomic E-state index is -0.165. The monoisotopic (exact) mass is 291 g/mol. The maximum absolute atomic E-state index is 11.2. The van der Waals surface area contributed by atoms with Crippen molar-refractivity contribution in [3.05, 3.63) is 34.2 Å². The van der Waals surface area contributed by atoms with Gasteiger partial charge in [0.05, 0.1) is 17.6 Å². The number of ether oxygens (including phenoxy) is 1. The van der Waals surface area contributed by atoms with Crippen molar-refractivity contribution in [2.75, 3.05) is 19.8 Å². The summed E-state index contributed by atoms with van der Waals surface area (Å²) in [5, 5.41) is 3.43. The Morgan fingerprint density at radius 2 is 1.90 bits per heavy atom. The van der Waals surface area contributed by atoms with Gasteiger partial charge in [-0.3, -0.25) is 0 Å². The second-order valence-corrected chi connectivity index (χ2v) is 5.85. The Kier molecular flexibility index (Phi) is 5.59. The highest BCUT2D eigenvalue weighted by molar-refractivity contribution is 5.75. The molecule has 3 N–H and O–H groups in total. The van der Waals surface area contributed by atoms with Gasteiger partial charge in [-0.2, -0.15) is 0 Å². The molecule has 1 atom stereocenters. The number of hydrogen-bond acceptors (Lipinski definition) is 3. The Balaban J connectivity index is 1.79. The summed E-state index contributed by atoms with van der Waals surface area (Å²) in [6.45, 7) is 8.88. The molecule has 0 saturated carbocycles. The summed E-state index contributed by atoms with van der Waals surface area (Å²) >= 11 is 0. The molecule has 21 heavy (non-hydrogen) atoms. The third kappa shape index (κ3) is 4.72. The van der Waals surface area contributed by atoms with Crippen LogP contribution < -0.4 is 11.0 Å². The van der Waals surface area contributed by atoms with Gasteiger partial charge in [-0.15, -0.1) is 0 Å². The van der Waals surface area contributed by atoms with E-state index in [4.69, 9.17) is 4.74 Å². The molecule has 5 nitrogen and oxygen atoms in total. The van der Waals surface area contributed by atoms with Gasteiger partial charge < -0.3 is 20.0 Å². The zero-order valence-electron chi connectivity index (χ0n) is 13.0. The SMILES string of the molecule is CC(C)CCOCCNC(C)c1ccc2[nH]c(=O)[nH]c2c1. The number of aromatic amines is 2. The maximum atomic E-state index is 11.2. The summed E-state index contributed by atoms with van der Waals surface area (Å²) < 4.78 is 5.59. The second-order valence-electron chi connectivity index (χ2n) is 5.85. The first-order valence-corrected chi connectivity index (χ1v) is 7.59. The van der Waals surface area contributed by atoms with Crippen molar-refractivity contribution < 1.29 is 4.74 Å². The fourth-order valence-electron chi connectivity index (χ4n) is 2.21. The molecular formula is C16H25N3O2. The Morgan fingerprint density at radius 3 is 2.67 bits per heavy atom. The molecule has 0 aliphatic rings. The summed E-state index contributed by atoms with van der Waals surface area (Å²) in [5.74, 6) is 0.687. The van der Waals surface area contributed by atoms with E-state index in [1.54, 1.807) is 0 Å². The molecule has 0 radical (unpaired) electrons.